The number of aliphatic hydroxyl groups is 2. The van der Waals surface area contributed by atoms with Crippen molar-refractivity contribution in [3.8, 4) is 0 Å². The van der Waals surface area contributed by atoms with Crippen LogP contribution in [0, 0.1) is 0 Å². The summed E-state index contributed by atoms with van der Waals surface area (Å²) in [6.07, 6.45) is -2.25. The highest BCUT2D eigenvalue weighted by atomic mass is 16.3. The molecule has 0 bridgehead atoms. The number of nitrogens with one attached hydrogen (secondary N) is 1. The van der Waals surface area contributed by atoms with Crippen molar-refractivity contribution < 1.29 is 19.4 Å². The Morgan fingerprint density at radius 1 is 1.14 bits per heavy atom. The van der Waals surface area contributed by atoms with Crippen molar-refractivity contribution in [3.63, 3.8) is 0 Å². The predicted molar refractivity (Wildman–Crippen MR) is 83.4 cm³/mol. The molecule has 3 rings (SSSR count). The van der Waals surface area contributed by atoms with Crippen LogP contribution in [0.25, 0.3) is 21.9 Å². The van der Waals surface area contributed by atoms with Crippen molar-refractivity contribution in [2.45, 2.75) is 19.1 Å². The van der Waals surface area contributed by atoms with E-state index in [1.54, 1.807) is 6.07 Å². The molecular weight excluding hydrogens is 282 g/mol. The molecule has 1 amide bonds. The first-order valence-corrected chi connectivity index (χ1v) is 7.08. The minimum atomic E-state index is -1.14. The van der Waals surface area contributed by atoms with Crippen LogP contribution < -0.4 is 5.32 Å². The third kappa shape index (κ3) is 2.56. The smallest absolute Gasteiger partial charge is 0.216 e. The van der Waals surface area contributed by atoms with Gasteiger partial charge in [0.15, 0.2) is 0 Å². The van der Waals surface area contributed by atoms with Crippen LogP contribution in [0.3, 0.4) is 0 Å². The van der Waals surface area contributed by atoms with Gasteiger partial charge in [-0.05, 0) is 6.07 Å². The van der Waals surface area contributed by atoms with Gasteiger partial charge in [0.25, 0.3) is 0 Å². The van der Waals surface area contributed by atoms with E-state index in [0.29, 0.717) is 11.1 Å². The third-order valence-corrected chi connectivity index (χ3v) is 3.68. The molecular formula is C17H17NO4. The van der Waals surface area contributed by atoms with E-state index in [9.17, 15) is 15.0 Å². The largest absolute Gasteiger partial charge is 0.456 e. The van der Waals surface area contributed by atoms with E-state index in [0.717, 1.165) is 16.4 Å². The van der Waals surface area contributed by atoms with Crippen molar-refractivity contribution in [2.75, 3.05) is 6.54 Å². The molecule has 5 heteroatoms. The lowest BCUT2D eigenvalue weighted by atomic mass is 10.0. The summed E-state index contributed by atoms with van der Waals surface area (Å²) < 4.78 is 5.82. The van der Waals surface area contributed by atoms with Crippen LogP contribution in [0.5, 0.6) is 0 Å². The predicted octanol–water partition coefficient (Wildman–Crippen LogP) is 2.12. The molecule has 0 aliphatic rings. The zero-order valence-electron chi connectivity index (χ0n) is 12.1. The first kappa shape index (κ1) is 14.6. The maximum Gasteiger partial charge on any atom is 0.216 e. The minimum Gasteiger partial charge on any atom is -0.456 e. The Balaban J connectivity index is 2.01. The molecule has 2 unspecified atom stereocenters. The molecule has 0 spiro atoms. The molecule has 5 nitrogen and oxygen atoms in total. The minimum absolute atomic E-state index is 0.0207. The topological polar surface area (TPSA) is 82.7 Å². The van der Waals surface area contributed by atoms with Gasteiger partial charge in [0.1, 0.15) is 23.4 Å². The van der Waals surface area contributed by atoms with Crippen molar-refractivity contribution in [1.29, 1.82) is 0 Å². The number of rotatable bonds is 4. The standard InChI is InChI=1S/C17H17NO4/c1-10(19)18-9-14(20)16(21)13-7-4-6-12-11-5-2-3-8-15(11)22-17(12)13/h2-8,14,16,20-21H,9H2,1H3,(H,18,19). The summed E-state index contributed by atoms with van der Waals surface area (Å²) in [6, 6.07) is 13.1. The van der Waals surface area contributed by atoms with Gasteiger partial charge in [0, 0.05) is 29.8 Å². The van der Waals surface area contributed by atoms with Gasteiger partial charge in [-0.25, -0.2) is 0 Å². The van der Waals surface area contributed by atoms with Gasteiger partial charge in [0.05, 0.1) is 0 Å². The van der Waals surface area contributed by atoms with Crippen LogP contribution >= 0.6 is 0 Å². The molecule has 22 heavy (non-hydrogen) atoms. The normalized spacial score (nSPS) is 14.1. The molecule has 0 aliphatic heterocycles. The number of aliphatic hydroxyl groups excluding tert-OH is 2. The van der Waals surface area contributed by atoms with E-state index in [1.165, 1.54) is 6.92 Å². The Labute approximate surface area is 127 Å². The Morgan fingerprint density at radius 3 is 2.64 bits per heavy atom. The van der Waals surface area contributed by atoms with Crippen LogP contribution in [0.4, 0.5) is 0 Å². The fraction of sp³-hybridized carbons (Fsp3) is 0.235. The fourth-order valence-electron chi connectivity index (χ4n) is 2.57. The SMILES string of the molecule is CC(=O)NCC(O)C(O)c1cccc2c1oc1ccccc12. The molecule has 0 radical (unpaired) electrons. The third-order valence-electron chi connectivity index (χ3n) is 3.68. The highest BCUT2D eigenvalue weighted by Gasteiger charge is 2.23. The van der Waals surface area contributed by atoms with E-state index < -0.39 is 12.2 Å². The fourth-order valence-corrected chi connectivity index (χ4v) is 2.57. The van der Waals surface area contributed by atoms with Gasteiger partial charge in [-0.1, -0.05) is 36.4 Å². The van der Waals surface area contributed by atoms with Crippen LogP contribution in [0.15, 0.2) is 46.9 Å². The monoisotopic (exact) mass is 299 g/mol. The van der Waals surface area contributed by atoms with Crippen molar-refractivity contribution in [3.05, 3.63) is 48.0 Å². The van der Waals surface area contributed by atoms with Crippen molar-refractivity contribution >= 4 is 27.8 Å². The maximum atomic E-state index is 10.9. The quantitative estimate of drug-likeness (QED) is 0.689. The summed E-state index contributed by atoms with van der Waals surface area (Å²) in [5, 5.41) is 24.8. The Morgan fingerprint density at radius 2 is 1.86 bits per heavy atom. The molecule has 3 N–H and O–H groups in total. The summed E-state index contributed by atoms with van der Waals surface area (Å²) >= 11 is 0. The molecule has 3 aromatic rings. The highest BCUT2D eigenvalue weighted by molar-refractivity contribution is 6.05. The zero-order chi connectivity index (χ0) is 15.7. The van der Waals surface area contributed by atoms with Crippen LogP contribution in [0.1, 0.15) is 18.6 Å². The molecule has 1 aromatic heterocycles. The number of para-hydroxylation sites is 2. The average molecular weight is 299 g/mol. The average Bonchev–Trinajstić information content (AvgIpc) is 2.90. The number of fused-ring (bicyclic) bond motifs is 3. The number of hydrogen-bond donors (Lipinski definition) is 3. The lowest BCUT2D eigenvalue weighted by Crippen LogP contribution is -2.34. The summed E-state index contributed by atoms with van der Waals surface area (Å²) in [4.78, 5) is 10.9. The van der Waals surface area contributed by atoms with E-state index in [-0.39, 0.29) is 12.5 Å². The first-order valence-electron chi connectivity index (χ1n) is 7.08. The molecule has 2 atom stereocenters. The molecule has 0 saturated carbocycles. The molecule has 1 heterocycles. The van der Waals surface area contributed by atoms with Gasteiger partial charge < -0.3 is 19.9 Å². The van der Waals surface area contributed by atoms with Crippen LogP contribution in [-0.2, 0) is 4.79 Å². The van der Waals surface area contributed by atoms with E-state index in [2.05, 4.69) is 5.32 Å². The molecule has 114 valence electrons. The van der Waals surface area contributed by atoms with Crippen molar-refractivity contribution in [2.24, 2.45) is 0 Å². The van der Waals surface area contributed by atoms with Gasteiger partial charge >= 0.3 is 0 Å². The van der Waals surface area contributed by atoms with Gasteiger partial charge in [-0.15, -0.1) is 0 Å². The Hall–Kier alpha value is -2.37. The lowest BCUT2D eigenvalue weighted by molar-refractivity contribution is -0.119. The number of amides is 1. The second-order valence-electron chi connectivity index (χ2n) is 5.27. The molecule has 0 saturated heterocycles. The summed E-state index contributed by atoms with van der Waals surface area (Å²) in [7, 11) is 0. The van der Waals surface area contributed by atoms with Gasteiger partial charge in [0.2, 0.25) is 5.91 Å². The van der Waals surface area contributed by atoms with E-state index >= 15 is 0 Å². The van der Waals surface area contributed by atoms with E-state index in [1.807, 2.05) is 36.4 Å². The molecule has 2 aromatic carbocycles. The van der Waals surface area contributed by atoms with E-state index in [4.69, 9.17) is 4.42 Å². The second-order valence-corrected chi connectivity index (χ2v) is 5.27. The number of furan rings is 1. The highest BCUT2D eigenvalue weighted by Crippen LogP contribution is 2.33. The zero-order valence-corrected chi connectivity index (χ0v) is 12.1. The lowest BCUT2D eigenvalue weighted by Gasteiger charge is -2.18. The van der Waals surface area contributed by atoms with Gasteiger partial charge in [-0.3, -0.25) is 4.79 Å². The Bertz CT molecular complexity index is 824. The summed E-state index contributed by atoms with van der Waals surface area (Å²) in [6.45, 7) is 1.34. The maximum absolute atomic E-state index is 10.9. The van der Waals surface area contributed by atoms with Crippen LogP contribution in [-0.4, -0.2) is 28.8 Å². The van der Waals surface area contributed by atoms with Crippen LogP contribution in [0.2, 0.25) is 0 Å². The molecule has 0 aliphatic carbocycles. The number of benzene rings is 2. The number of carbonyl (C=O) groups is 1. The summed E-state index contributed by atoms with van der Waals surface area (Å²) in [5.41, 5.74) is 1.79. The van der Waals surface area contributed by atoms with Gasteiger partial charge in [-0.2, -0.15) is 0 Å². The second kappa shape index (κ2) is 5.79. The molecule has 0 fully saturated rings. The number of hydrogen-bond acceptors (Lipinski definition) is 4. The van der Waals surface area contributed by atoms with Crippen molar-refractivity contribution in [1.82, 2.24) is 5.32 Å². The first-order chi connectivity index (χ1) is 10.6. The Kier molecular flexibility index (Phi) is 3.83. The summed E-state index contributed by atoms with van der Waals surface area (Å²) in [5.74, 6) is -0.256. The number of carbonyl (C=O) groups excluding carboxylic acids is 1.